The molecule has 248 valence electrons. The lowest BCUT2D eigenvalue weighted by atomic mass is 10.1. The Kier molecular flexibility index (Phi) is 7.89. The predicted octanol–water partition coefficient (Wildman–Crippen LogP) is 7.11. The second-order valence-corrected chi connectivity index (χ2v) is 12.7. The highest BCUT2D eigenvalue weighted by atomic mass is 16.5. The molecule has 50 heavy (non-hydrogen) atoms. The van der Waals surface area contributed by atoms with Gasteiger partial charge in [0, 0.05) is 0 Å². The molecule has 0 unspecified atom stereocenters. The quantitative estimate of drug-likeness (QED) is 0.163. The van der Waals surface area contributed by atoms with E-state index in [1.807, 2.05) is 0 Å². The zero-order valence-electron chi connectivity index (χ0n) is 27.8. The highest BCUT2D eigenvalue weighted by Gasteiger charge is 2.19. The second kappa shape index (κ2) is 13.1. The molecule has 0 atom stereocenters. The fourth-order valence-corrected chi connectivity index (χ4v) is 7.06. The second-order valence-electron chi connectivity index (χ2n) is 12.7. The van der Waals surface area contributed by atoms with E-state index >= 15 is 0 Å². The molecule has 0 N–H and O–H groups in total. The van der Waals surface area contributed by atoms with E-state index in [9.17, 15) is 0 Å². The van der Waals surface area contributed by atoms with Crippen molar-refractivity contribution in [2.24, 2.45) is 0 Å². The molecule has 8 heteroatoms. The zero-order valence-corrected chi connectivity index (χ0v) is 27.8. The van der Waals surface area contributed by atoms with Crippen molar-refractivity contribution in [1.29, 1.82) is 0 Å². The molecular weight excluding hydrogens is 624 g/mol. The van der Waals surface area contributed by atoms with Crippen LogP contribution in [-0.4, -0.2) is 35.6 Å². The number of aromatic nitrogens is 4. The highest BCUT2D eigenvalue weighted by Crippen LogP contribution is 2.34. The Bertz CT molecular complexity index is 2140. The molecule has 1 aliphatic rings. The Labute approximate surface area is 289 Å². The Morgan fingerprint density at radius 1 is 0.400 bits per heavy atom. The number of nitrogens with zero attached hydrogens (tertiary/aromatic N) is 4. The summed E-state index contributed by atoms with van der Waals surface area (Å²) in [5.74, 6) is 3.00. The van der Waals surface area contributed by atoms with Gasteiger partial charge in [0.15, 0.2) is 45.1 Å². The van der Waals surface area contributed by atoms with Gasteiger partial charge < -0.3 is 18.9 Å². The molecule has 8 nitrogen and oxygen atoms in total. The van der Waals surface area contributed by atoms with Gasteiger partial charge in [0.05, 0.1) is 0 Å². The number of hydrogen-bond donors (Lipinski definition) is 0. The Hall–Kier alpha value is -6.02. The van der Waals surface area contributed by atoms with Gasteiger partial charge in [-0.2, -0.15) is 0 Å². The van der Waals surface area contributed by atoms with Crippen LogP contribution in [0.2, 0.25) is 0 Å². The van der Waals surface area contributed by atoms with Crippen molar-refractivity contribution in [2.45, 2.75) is 26.2 Å². The summed E-state index contributed by atoms with van der Waals surface area (Å²) in [6, 6.07) is 42.0. The van der Waals surface area contributed by atoms with E-state index in [1.165, 1.54) is 0 Å². The van der Waals surface area contributed by atoms with E-state index in [0.717, 1.165) is 66.6 Å². The summed E-state index contributed by atoms with van der Waals surface area (Å²) in [5, 5.41) is 4.48. The standard InChI is InChI=1S/C42H38N4O4/c1-2-10-32-26-40-39(25-31(32)9-1)47-21-17-43-29-45(36-14-6-5-13-35(36)43)19-23-49-41-27-33-11-3-4-12-34(33)28-42(41)50-24-20-46-30-44(18-22-48-40)37-15-7-8-16-38(37)46/h1-16,25-30H,17-24H2/q+2. The monoisotopic (exact) mass is 662 g/mol. The van der Waals surface area contributed by atoms with E-state index in [0.29, 0.717) is 52.6 Å². The van der Waals surface area contributed by atoms with Crippen LogP contribution >= 0.6 is 0 Å². The predicted molar refractivity (Wildman–Crippen MR) is 194 cm³/mol. The maximum atomic E-state index is 6.49. The van der Waals surface area contributed by atoms with Crippen LogP contribution in [0.3, 0.4) is 0 Å². The third-order valence-electron chi connectivity index (χ3n) is 9.54. The Morgan fingerprint density at radius 2 is 0.740 bits per heavy atom. The summed E-state index contributed by atoms with van der Waals surface area (Å²) in [4.78, 5) is 0. The van der Waals surface area contributed by atoms with Crippen molar-refractivity contribution in [3.63, 3.8) is 0 Å². The summed E-state index contributed by atoms with van der Waals surface area (Å²) in [6.07, 6.45) is 4.32. The first-order chi connectivity index (χ1) is 24.8. The van der Waals surface area contributed by atoms with Gasteiger partial charge in [-0.3, -0.25) is 0 Å². The lowest BCUT2D eigenvalue weighted by molar-refractivity contribution is -0.673. The van der Waals surface area contributed by atoms with Crippen LogP contribution < -0.4 is 28.1 Å². The van der Waals surface area contributed by atoms with Crippen molar-refractivity contribution >= 4 is 43.6 Å². The van der Waals surface area contributed by atoms with Crippen LogP contribution in [0.15, 0.2) is 134 Å². The van der Waals surface area contributed by atoms with Gasteiger partial charge >= 0.3 is 0 Å². The van der Waals surface area contributed by atoms with E-state index in [2.05, 4.69) is 152 Å². The molecule has 1 aliphatic heterocycles. The van der Waals surface area contributed by atoms with Crippen LogP contribution in [0.4, 0.5) is 0 Å². The minimum absolute atomic E-state index is 0.490. The third-order valence-corrected chi connectivity index (χ3v) is 9.54. The van der Waals surface area contributed by atoms with Gasteiger partial charge in [0.1, 0.15) is 52.6 Å². The number of para-hydroxylation sites is 4. The van der Waals surface area contributed by atoms with Crippen molar-refractivity contribution in [2.75, 3.05) is 26.4 Å². The molecular formula is C42H38N4O4+2. The third kappa shape index (κ3) is 5.83. The fraction of sp³-hybridized carbons (Fsp3) is 0.190. The summed E-state index contributed by atoms with van der Waals surface area (Å²) in [6.45, 7) is 4.68. The molecule has 0 amide bonds. The highest BCUT2D eigenvalue weighted by molar-refractivity contribution is 5.87. The van der Waals surface area contributed by atoms with E-state index in [1.54, 1.807) is 0 Å². The molecule has 0 saturated carbocycles. The van der Waals surface area contributed by atoms with E-state index < -0.39 is 0 Å². The summed E-state index contributed by atoms with van der Waals surface area (Å²) in [7, 11) is 0. The molecule has 3 heterocycles. The fourth-order valence-electron chi connectivity index (χ4n) is 7.06. The van der Waals surface area contributed by atoms with Gasteiger partial charge in [0.25, 0.3) is 0 Å². The molecule has 0 aliphatic carbocycles. The minimum Gasteiger partial charge on any atom is -0.486 e. The first-order valence-electron chi connectivity index (χ1n) is 17.3. The van der Waals surface area contributed by atoms with Crippen LogP contribution in [0.1, 0.15) is 0 Å². The normalized spacial score (nSPS) is 14.4. The number of fused-ring (bicyclic) bond motifs is 14. The minimum atomic E-state index is 0.490. The molecule has 8 aromatic rings. The van der Waals surface area contributed by atoms with Crippen LogP contribution in [0.25, 0.3) is 43.6 Å². The van der Waals surface area contributed by atoms with Crippen molar-refractivity contribution in [3.8, 4) is 23.0 Å². The smallest absolute Gasteiger partial charge is 0.244 e. The lowest BCUT2D eigenvalue weighted by Crippen LogP contribution is -2.35. The van der Waals surface area contributed by atoms with Crippen LogP contribution in [-0.2, 0) is 26.2 Å². The van der Waals surface area contributed by atoms with Crippen molar-refractivity contribution in [1.82, 2.24) is 9.13 Å². The molecule has 0 fully saturated rings. The number of hydrogen-bond acceptors (Lipinski definition) is 4. The summed E-state index contributed by atoms with van der Waals surface area (Å²) in [5.41, 5.74) is 4.59. The molecule has 2 aromatic heterocycles. The van der Waals surface area contributed by atoms with Gasteiger partial charge in [-0.1, -0.05) is 72.8 Å². The molecule has 6 aromatic carbocycles. The van der Waals surface area contributed by atoms with Gasteiger partial charge in [0.2, 0.25) is 12.7 Å². The van der Waals surface area contributed by atoms with Gasteiger partial charge in [-0.05, 0) is 70.1 Å². The molecule has 0 radical (unpaired) electrons. The largest absolute Gasteiger partial charge is 0.486 e. The van der Waals surface area contributed by atoms with Gasteiger partial charge in [-0.15, -0.1) is 0 Å². The maximum absolute atomic E-state index is 6.49. The first-order valence-corrected chi connectivity index (χ1v) is 17.3. The first kappa shape index (κ1) is 30.1. The molecule has 0 saturated heterocycles. The molecule has 4 bridgehead atoms. The average Bonchev–Trinajstić information content (AvgIpc) is 3.69. The topological polar surface area (TPSA) is 54.5 Å². The van der Waals surface area contributed by atoms with E-state index in [-0.39, 0.29) is 0 Å². The molecule has 0 spiro atoms. The maximum Gasteiger partial charge on any atom is 0.244 e. The van der Waals surface area contributed by atoms with Crippen molar-refractivity contribution in [3.05, 3.63) is 134 Å². The number of ether oxygens (including phenoxy) is 4. The Balaban J connectivity index is 1.07. The summed E-state index contributed by atoms with van der Waals surface area (Å²) < 4.78 is 35.0. The van der Waals surface area contributed by atoms with Crippen LogP contribution in [0.5, 0.6) is 23.0 Å². The lowest BCUT2D eigenvalue weighted by Gasteiger charge is -2.14. The number of rotatable bonds is 0. The number of benzene rings is 6. The summed E-state index contributed by atoms with van der Waals surface area (Å²) >= 11 is 0. The SMILES string of the molecule is c1ccc2cc3c(cc2c1)OCCn1c[n+](c2ccccc21)CCOc1cc2ccccc2cc1OCCn1c[n+](c2ccccc21)CCO3. The Morgan fingerprint density at radius 3 is 1.14 bits per heavy atom. The van der Waals surface area contributed by atoms with E-state index in [4.69, 9.17) is 18.9 Å². The van der Waals surface area contributed by atoms with Gasteiger partial charge in [-0.25, -0.2) is 18.3 Å². The zero-order chi connectivity index (χ0) is 33.3. The number of imidazole rings is 2. The molecule has 9 rings (SSSR count). The average molecular weight is 663 g/mol. The van der Waals surface area contributed by atoms with Crippen molar-refractivity contribution < 1.29 is 28.1 Å². The van der Waals surface area contributed by atoms with Crippen LogP contribution in [0, 0.1) is 0 Å².